The van der Waals surface area contributed by atoms with Crippen molar-refractivity contribution in [1.82, 2.24) is 9.47 Å². The van der Waals surface area contributed by atoms with E-state index >= 15 is 0 Å². The van der Waals surface area contributed by atoms with Gasteiger partial charge in [-0.15, -0.1) is 0 Å². The number of aromatic nitrogens is 1. The maximum Gasteiger partial charge on any atom is 0.305 e. The fourth-order valence-electron chi connectivity index (χ4n) is 6.60. The van der Waals surface area contributed by atoms with E-state index < -0.39 is 0 Å². The van der Waals surface area contributed by atoms with Gasteiger partial charge < -0.3 is 23.8 Å². The number of rotatable bonds is 13. The number of nitrogens with zero attached hydrogens (tertiary/aromatic N) is 3. The summed E-state index contributed by atoms with van der Waals surface area (Å²) in [5, 5.41) is 2.06. The number of hydrogen-bond acceptors (Lipinski definition) is 7. The summed E-state index contributed by atoms with van der Waals surface area (Å²) in [6, 6.07) is 16.5. The van der Waals surface area contributed by atoms with Crippen LogP contribution in [-0.2, 0) is 27.2 Å². The second-order valence-electron chi connectivity index (χ2n) is 11.4. The summed E-state index contributed by atoms with van der Waals surface area (Å²) < 4.78 is 13.8. The van der Waals surface area contributed by atoms with Gasteiger partial charge in [0.25, 0.3) is 5.91 Å². The zero-order chi connectivity index (χ0) is 28.9. The minimum absolute atomic E-state index is 0.0875. The molecule has 7 nitrogen and oxygen atoms in total. The number of esters is 1. The molecule has 4 heterocycles. The zero-order valence-electron chi connectivity index (χ0n) is 24.5. The summed E-state index contributed by atoms with van der Waals surface area (Å²) in [5.41, 5.74) is 5.56. The van der Waals surface area contributed by atoms with E-state index in [0.29, 0.717) is 32.7 Å². The van der Waals surface area contributed by atoms with Crippen molar-refractivity contribution in [2.75, 3.05) is 44.1 Å². The largest absolute Gasteiger partial charge is 0.466 e. The number of carbonyl (C=O) groups excluding carboxylic acids is 2. The van der Waals surface area contributed by atoms with Crippen LogP contribution in [0, 0.1) is 0 Å². The third-order valence-electron chi connectivity index (χ3n) is 8.66. The lowest BCUT2D eigenvalue weighted by molar-refractivity contribution is -0.144. The summed E-state index contributed by atoms with van der Waals surface area (Å²) >= 11 is 0. The lowest BCUT2D eigenvalue weighted by Gasteiger charge is -2.46. The molecule has 1 amide bonds. The molecule has 1 fully saturated rings. The highest BCUT2D eigenvalue weighted by Crippen LogP contribution is 2.44. The number of aryl methyl sites for hydroxylation is 1. The molecule has 0 N–H and O–H groups in total. The van der Waals surface area contributed by atoms with Crippen LogP contribution in [0.1, 0.15) is 72.7 Å². The number of carbonyl (C=O) groups is 2. The maximum absolute atomic E-state index is 13.5. The highest BCUT2D eigenvalue weighted by atomic mass is 33.1. The molecule has 0 saturated carbocycles. The van der Waals surface area contributed by atoms with Gasteiger partial charge in [-0.2, -0.15) is 0 Å². The molecule has 2 unspecified atom stereocenters. The molecule has 3 aliphatic rings. The van der Waals surface area contributed by atoms with Crippen molar-refractivity contribution in [1.29, 1.82) is 0 Å². The van der Waals surface area contributed by atoms with Gasteiger partial charge in [0, 0.05) is 68.1 Å². The summed E-state index contributed by atoms with van der Waals surface area (Å²) in [6.07, 6.45) is 7.37. The smallest absolute Gasteiger partial charge is 0.305 e. The molecule has 224 valence electrons. The van der Waals surface area contributed by atoms with Crippen LogP contribution in [-0.4, -0.2) is 65.8 Å². The SMILES string of the molecule is CN1c2ccccc2C(=O)N2CCc3c(n(CCCOCCCOC(=O)CCCCC4CCSS4)c4ccccc34)C21. The Hall–Kier alpha value is -2.62. The van der Waals surface area contributed by atoms with Crippen LogP contribution < -0.4 is 4.90 Å². The standard InChI is InChI=1S/C33H41N3O4S2/c1-34-28-13-5-4-12-27(28)33(38)36-19-16-26-25-11-3-6-14-29(25)35(31(26)32(34)36)18-8-20-39-21-9-22-40-30(37)15-7-2-10-24-17-23-41-42-24/h3-6,11-14,24,32H,2,7-10,15-23H2,1H3. The van der Waals surface area contributed by atoms with Gasteiger partial charge >= 0.3 is 5.97 Å². The van der Waals surface area contributed by atoms with Crippen molar-refractivity contribution < 1.29 is 19.1 Å². The van der Waals surface area contributed by atoms with Crippen molar-refractivity contribution >= 4 is 50.1 Å². The summed E-state index contributed by atoms with van der Waals surface area (Å²) in [7, 11) is 6.08. The van der Waals surface area contributed by atoms with Crippen molar-refractivity contribution in [3.8, 4) is 0 Å². The molecule has 3 aliphatic heterocycles. The first kappa shape index (κ1) is 29.5. The zero-order valence-corrected chi connectivity index (χ0v) is 26.1. The Labute approximate surface area is 256 Å². The van der Waals surface area contributed by atoms with E-state index in [-0.39, 0.29) is 18.0 Å². The number of para-hydroxylation sites is 2. The highest BCUT2D eigenvalue weighted by molar-refractivity contribution is 8.77. The fraction of sp³-hybridized carbons (Fsp3) is 0.515. The number of ether oxygens (including phenoxy) is 2. The minimum Gasteiger partial charge on any atom is -0.466 e. The lowest BCUT2D eigenvalue weighted by atomic mass is 9.96. The number of amides is 1. The van der Waals surface area contributed by atoms with Crippen LogP contribution in [0.15, 0.2) is 48.5 Å². The monoisotopic (exact) mass is 607 g/mol. The normalized spacial score (nSPS) is 19.6. The molecule has 1 saturated heterocycles. The van der Waals surface area contributed by atoms with E-state index in [9.17, 15) is 9.59 Å². The molecule has 9 heteroatoms. The molecule has 42 heavy (non-hydrogen) atoms. The van der Waals surface area contributed by atoms with Gasteiger partial charge in [0.2, 0.25) is 0 Å². The molecule has 2 atom stereocenters. The van der Waals surface area contributed by atoms with Crippen molar-refractivity contribution in [3.63, 3.8) is 0 Å². The van der Waals surface area contributed by atoms with Gasteiger partial charge in [0.1, 0.15) is 6.17 Å². The summed E-state index contributed by atoms with van der Waals surface area (Å²) in [4.78, 5) is 29.8. The number of unbranched alkanes of at least 4 members (excludes halogenated alkanes) is 1. The van der Waals surface area contributed by atoms with E-state index in [1.807, 2.05) is 50.8 Å². The highest BCUT2D eigenvalue weighted by Gasteiger charge is 2.42. The summed E-state index contributed by atoms with van der Waals surface area (Å²) in [6.45, 7) is 3.17. The average Bonchev–Trinajstić information content (AvgIpc) is 3.65. The third-order valence-corrected chi connectivity index (χ3v) is 11.7. The van der Waals surface area contributed by atoms with Crippen LogP contribution in [0.4, 0.5) is 5.69 Å². The van der Waals surface area contributed by atoms with Crippen LogP contribution in [0.5, 0.6) is 0 Å². The molecule has 3 aromatic rings. The number of fused-ring (bicyclic) bond motifs is 6. The molecular formula is C33H41N3O4S2. The summed E-state index contributed by atoms with van der Waals surface area (Å²) in [5.74, 6) is 1.29. The Morgan fingerprint density at radius 2 is 1.83 bits per heavy atom. The van der Waals surface area contributed by atoms with Gasteiger partial charge in [0.05, 0.1) is 23.6 Å². The van der Waals surface area contributed by atoms with Crippen LogP contribution in [0.25, 0.3) is 10.9 Å². The van der Waals surface area contributed by atoms with Gasteiger partial charge in [-0.05, 0) is 55.9 Å². The van der Waals surface area contributed by atoms with E-state index in [1.165, 1.54) is 40.8 Å². The molecule has 0 bridgehead atoms. The second kappa shape index (κ2) is 13.8. The van der Waals surface area contributed by atoms with Crippen LogP contribution >= 0.6 is 21.6 Å². The Morgan fingerprint density at radius 3 is 2.71 bits per heavy atom. The lowest BCUT2D eigenvalue weighted by Crippen LogP contribution is -2.51. The predicted molar refractivity (Wildman–Crippen MR) is 172 cm³/mol. The molecule has 2 aromatic carbocycles. The van der Waals surface area contributed by atoms with Crippen molar-refractivity contribution in [2.24, 2.45) is 0 Å². The number of anilines is 1. The van der Waals surface area contributed by atoms with E-state index in [0.717, 1.165) is 55.3 Å². The third kappa shape index (κ3) is 6.19. The van der Waals surface area contributed by atoms with E-state index in [1.54, 1.807) is 0 Å². The first-order valence-corrected chi connectivity index (χ1v) is 17.8. The molecule has 1 aromatic heterocycles. The first-order chi connectivity index (χ1) is 20.6. The molecule has 6 rings (SSSR count). The molecule has 0 aliphatic carbocycles. The first-order valence-electron chi connectivity index (χ1n) is 15.4. The predicted octanol–water partition coefficient (Wildman–Crippen LogP) is 6.84. The molecule has 0 radical (unpaired) electrons. The van der Waals surface area contributed by atoms with Crippen LogP contribution in [0.2, 0.25) is 0 Å². The minimum atomic E-state index is -0.125. The van der Waals surface area contributed by atoms with Gasteiger partial charge in [-0.1, -0.05) is 58.3 Å². The second-order valence-corrected chi connectivity index (χ2v) is 14.2. The topological polar surface area (TPSA) is 64.0 Å². The molecule has 0 spiro atoms. The van der Waals surface area contributed by atoms with Gasteiger partial charge in [-0.3, -0.25) is 9.59 Å². The van der Waals surface area contributed by atoms with Gasteiger partial charge in [-0.25, -0.2) is 0 Å². The average molecular weight is 608 g/mol. The quantitative estimate of drug-likeness (QED) is 0.120. The Kier molecular flexibility index (Phi) is 9.66. The Bertz CT molecular complexity index is 1400. The van der Waals surface area contributed by atoms with E-state index in [2.05, 4.69) is 40.8 Å². The Balaban J connectivity index is 0.998. The fourth-order valence-corrected chi connectivity index (χ4v) is 9.63. The maximum atomic E-state index is 13.5. The molecular weight excluding hydrogens is 567 g/mol. The van der Waals surface area contributed by atoms with E-state index in [4.69, 9.17) is 9.47 Å². The van der Waals surface area contributed by atoms with Crippen molar-refractivity contribution in [3.05, 3.63) is 65.4 Å². The van der Waals surface area contributed by atoms with Crippen LogP contribution in [0.3, 0.4) is 0 Å². The number of benzene rings is 2. The number of hydrogen-bond donors (Lipinski definition) is 0. The van der Waals surface area contributed by atoms with Gasteiger partial charge in [0.15, 0.2) is 0 Å². The Morgan fingerprint density at radius 1 is 1.00 bits per heavy atom. The van der Waals surface area contributed by atoms with Crippen molar-refractivity contribution in [2.45, 2.75) is 69.3 Å².